The number of carboxylic acids is 1. The summed E-state index contributed by atoms with van der Waals surface area (Å²) in [5.41, 5.74) is -0.378. The smallest absolute Gasteiger partial charge is 0.372 e. The number of hydrogen-bond donors (Lipinski definition) is 1. The van der Waals surface area contributed by atoms with Crippen molar-refractivity contribution < 1.29 is 24.3 Å². The number of rotatable bonds is 5. The monoisotopic (exact) mass is 298 g/mol. The predicted octanol–water partition coefficient (Wildman–Crippen LogP) is 0.0733. The summed E-state index contributed by atoms with van der Waals surface area (Å²) in [6, 6.07) is -0.533. The number of aromatic nitrogens is 2. The molecule has 10 nitrogen and oxygen atoms in total. The summed E-state index contributed by atoms with van der Waals surface area (Å²) >= 11 is 0. The number of aliphatic carboxylic acids is 1. The predicted molar refractivity (Wildman–Crippen MR) is 69.4 cm³/mol. The minimum atomic E-state index is -1.01. The van der Waals surface area contributed by atoms with Gasteiger partial charge >= 0.3 is 11.7 Å². The fraction of sp³-hybridized carbons (Fsp3) is 0.545. The molecule has 0 aliphatic carbocycles. The van der Waals surface area contributed by atoms with Crippen molar-refractivity contribution in [1.29, 1.82) is 0 Å². The van der Waals surface area contributed by atoms with Crippen LogP contribution in [0.4, 0.5) is 11.5 Å². The quantitative estimate of drug-likeness (QED) is 0.593. The van der Waals surface area contributed by atoms with Gasteiger partial charge in [0.1, 0.15) is 6.33 Å². The molecule has 2 rings (SSSR count). The van der Waals surface area contributed by atoms with E-state index >= 15 is 0 Å². The van der Waals surface area contributed by atoms with Gasteiger partial charge in [-0.15, -0.1) is 0 Å². The van der Waals surface area contributed by atoms with Crippen LogP contribution in [-0.2, 0) is 9.53 Å². The largest absolute Gasteiger partial charge is 0.481 e. The van der Waals surface area contributed by atoms with Crippen LogP contribution in [0.1, 0.15) is 6.42 Å². The van der Waals surface area contributed by atoms with Gasteiger partial charge in [0, 0.05) is 6.54 Å². The van der Waals surface area contributed by atoms with E-state index < -0.39 is 16.9 Å². The summed E-state index contributed by atoms with van der Waals surface area (Å²) in [6.45, 7) is 0.800. The maximum absolute atomic E-state index is 11.2. The first kappa shape index (κ1) is 14.9. The van der Waals surface area contributed by atoms with Gasteiger partial charge in [-0.05, 0) is 0 Å². The number of anilines is 1. The number of morpholine rings is 1. The van der Waals surface area contributed by atoms with Crippen molar-refractivity contribution in [2.24, 2.45) is 0 Å². The molecule has 1 saturated heterocycles. The summed E-state index contributed by atoms with van der Waals surface area (Å²) in [7, 11) is 1.27. The lowest BCUT2D eigenvalue weighted by molar-refractivity contribution is -0.385. The lowest BCUT2D eigenvalue weighted by Gasteiger charge is -2.35. The topological polar surface area (TPSA) is 128 Å². The third-order valence-electron chi connectivity index (χ3n) is 3.06. The van der Waals surface area contributed by atoms with E-state index in [9.17, 15) is 14.9 Å². The minimum Gasteiger partial charge on any atom is -0.481 e. The van der Waals surface area contributed by atoms with Gasteiger partial charge in [0.25, 0.3) is 5.88 Å². The molecular formula is C11H14N4O6. The highest BCUT2D eigenvalue weighted by molar-refractivity contribution is 5.70. The molecule has 21 heavy (non-hydrogen) atoms. The van der Waals surface area contributed by atoms with Crippen LogP contribution in [0.2, 0.25) is 0 Å². The molecule has 1 aromatic heterocycles. The van der Waals surface area contributed by atoms with E-state index in [-0.39, 0.29) is 30.4 Å². The molecule has 1 aromatic rings. The minimum absolute atomic E-state index is 0.0430. The molecule has 1 atom stereocenters. The Balaban J connectivity index is 2.42. The number of nitrogens with zero attached hydrogens (tertiary/aromatic N) is 4. The van der Waals surface area contributed by atoms with E-state index in [4.69, 9.17) is 14.6 Å². The highest BCUT2D eigenvalue weighted by atomic mass is 16.6. The maximum Gasteiger partial charge on any atom is 0.372 e. The summed E-state index contributed by atoms with van der Waals surface area (Å²) in [5.74, 6) is -1.13. The van der Waals surface area contributed by atoms with E-state index in [0.29, 0.717) is 13.2 Å². The summed E-state index contributed by atoms with van der Waals surface area (Å²) in [6.07, 6.45) is 0.942. The lowest BCUT2D eigenvalue weighted by Crippen LogP contribution is -2.47. The van der Waals surface area contributed by atoms with Crippen LogP contribution in [-0.4, -0.2) is 58.9 Å². The Bertz CT molecular complexity index is 552. The van der Waals surface area contributed by atoms with Crippen molar-refractivity contribution in [2.45, 2.75) is 12.5 Å². The zero-order valence-corrected chi connectivity index (χ0v) is 11.3. The molecule has 0 radical (unpaired) electrons. The van der Waals surface area contributed by atoms with Crippen LogP contribution in [0.3, 0.4) is 0 Å². The summed E-state index contributed by atoms with van der Waals surface area (Å²) < 4.78 is 10.1. The van der Waals surface area contributed by atoms with Crippen LogP contribution in [0, 0.1) is 10.1 Å². The van der Waals surface area contributed by atoms with Crippen molar-refractivity contribution in [3.05, 3.63) is 16.4 Å². The molecule has 0 aromatic carbocycles. The number of ether oxygens (including phenoxy) is 2. The lowest BCUT2D eigenvalue weighted by atomic mass is 10.1. The Hall–Kier alpha value is -2.49. The van der Waals surface area contributed by atoms with Crippen LogP contribution < -0.4 is 9.64 Å². The highest BCUT2D eigenvalue weighted by Gasteiger charge is 2.34. The van der Waals surface area contributed by atoms with Crippen molar-refractivity contribution in [3.63, 3.8) is 0 Å². The summed E-state index contributed by atoms with van der Waals surface area (Å²) in [4.78, 5) is 30.7. The van der Waals surface area contributed by atoms with Crippen molar-refractivity contribution in [1.82, 2.24) is 9.97 Å². The zero-order valence-electron chi connectivity index (χ0n) is 11.3. The van der Waals surface area contributed by atoms with Gasteiger partial charge in [-0.3, -0.25) is 14.9 Å². The average Bonchev–Trinajstić information content (AvgIpc) is 2.46. The molecule has 0 amide bonds. The fourth-order valence-electron chi connectivity index (χ4n) is 2.18. The number of nitro groups is 1. The van der Waals surface area contributed by atoms with E-state index in [1.807, 2.05) is 0 Å². The number of carbonyl (C=O) groups is 1. The first-order valence-corrected chi connectivity index (χ1v) is 6.14. The fourth-order valence-corrected chi connectivity index (χ4v) is 2.18. The molecule has 0 saturated carbocycles. The third kappa shape index (κ3) is 3.16. The Morgan fingerprint density at radius 2 is 2.43 bits per heavy atom. The van der Waals surface area contributed by atoms with Crippen LogP contribution >= 0.6 is 0 Å². The van der Waals surface area contributed by atoms with Crippen LogP contribution in [0.5, 0.6) is 5.88 Å². The molecule has 1 N–H and O–H groups in total. The van der Waals surface area contributed by atoms with E-state index in [1.165, 1.54) is 7.11 Å². The van der Waals surface area contributed by atoms with Gasteiger partial charge in [-0.1, -0.05) is 0 Å². The van der Waals surface area contributed by atoms with Gasteiger partial charge in [-0.2, -0.15) is 4.98 Å². The van der Waals surface area contributed by atoms with Crippen molar-refractivity contribution in [3.8, 4) is 5.88 Å². The molecular weight excluding hydrogens is 284 g/mol. The van der Waals surface area contributed by atoms with Gasteiger partial charge in [0.05, 0.1) is 37.7 Å². The average molecular weight is 298 g/mol. The first-order valence-electron chi connectivity index (χ1n) is 6.14. The van der Waals surface area contributed by atoms with Gasteiger partial charge in [0.2, 0.25) is 5.82 Å². The van der Waals surface area contributed by atoms with Gasteiger partial charge in [-0.25, -0.2) is 4.98 Å². The highest BCUT2D eigenvalue weighted by Crippen LogP contribution is 2.35. The van der Waals surface area contributed by atoms with Crippen LogP contribution in [0.15, 0.2) is 6.33 Å². The molecule has 114 valence electrons. The van der Waals surface area contributed by atoms with Gasteiger partial charge < -0.3 is 19.5 Å². The standard InChI is InChI=1S/C11H14N4O6/c1-20-11-9(15(18)19)10(12-6-13-11)14-2-3-21-5-7(14)4-8(16)17/h6-7H,2-5H2,1H3,(H,16,17). The second-order valence-corrected chi connectivity index (χ2v) is 4.33. The Kier molecular flexibility index (Phi) is 4.48. The van der Waals surface area contributed by atoms with Gasteiger partial charge in [0.15, 0.2) is 0 Å². The Morgan fingerprint density at radius 1 is 1.67 bits per heavy atom. The number of carboxylic acid groups (broad SMARTS) is 1. The van der Waals surface area contributed by atoms with Crippen molar-refractivity contribution in [2.75, 3.05) is 31.8 Å². The molecule has 1 aliphatic rings. The SMILES string of the molecule is COc1ncnc(N2CCOCC2CC(=O)O)c1[N+](=O)[O-]. The molecule has 10 heteroatoms. The Labute approximate surface area is 119 Å². The van der Waals surface area contributed by atoms with E-state index in [1.54, 1.807) is 4.90 Å². The molecule has 1 fully saturated rings. The van der Waals surface area contributed by atoms with E-state index in [2.05, 4.69) is 9.97 Å². The number of methoxy groups -OCH3 is 1. The third-order valence-corrected chi connectivity index (χ3v) is 3.06. The van der Waals surface area contributed by atoms with E-state index in [0.717, 1.165) is 6.33 Å². The molecule has 1 aliphatic heterocycles. The molecule has 0 spiro atoms. The second-order valence-electron chi connectivity index (χ2n) is 4.33. The summed E-state index contributed by atoms with van der Waals surface area (Å²) in [5, 5.41) is 20.2. The Morgan fingerprint density at radius 3 is 3.05 bits per heavy atom. The first-order chi connectivity index (χ1) is 10.0. The molecule has 0 bridgehead atoms. The maximum atomic E-state index is 11.2. The number of hydrogen-bond acceptors (Lipinski definition) is 8. The molecule has 2 heterocycles. The van der Waals surface area contributed by atoms with Crippen LogP contribution in [0.25, 0.3) is 0 Å². The normalized spacial score (nSPS) is 18.3. The van der Waals surface area contributed by atoms with Crippen molar-refractivity contribution >= 4 is 17.5 Å². The second kappa shape index (κ2) is 6.31. The zero-order chi connectivity index (χ0) is 15.4. The molecule has 1 unspecified atom stereocenters.